The lowest BCUT2D eigenvalue weighted by atomic mass is 9.84. The van der Waals surface area contributed by atoms with Gasteiger partial charge in [-0.3, -0.25) is 0 Å². The Bertz CT molecular complexity index is 349. The summed E-state index contributed by atoms with van der Waals surface area (Å²) in [5, 5.41) is 3.53. The summed E-state index contributed by atoms with van der Waals surface area (Å²) in [6.45, 7) is 4.55. The van der Waals surface area contributed by atoms with Gasteiger partial charge in [-0.25, -0.2) is 0 Å². The molecule has 0 aromatic heterocycles. The highest BCUT2D eigenvalue weighted by Gasteiger charge is 2.39. The predicted molar refractivity (Wildman–Crippen MR) is 72.6 cm³/mol. The Balaban J connectivity index is 2.21. The van der Waals surface area contributed by atoms with Crippen LogP contribution in [0.25, 0.3) is 0 Å². The van der Waals surface area contributed by atoms with Crippen LogP contribution in [0.2, 0.25) is 0 Å². The van der Waals surface area contributed by atoms with Gasteiger partial charge in [0.1, 0.15) is 5.60 Å². The van der Waals surface area contributed by atoms with E-state index in [1.165, 1.54) is 5.56 Å². The third kappa shape index (κ3) is 2.91. The topological polar surface area (TPSA) is 30.5 Å². The van der Waals surface area contributed by atoms with Crippen LogP contribution in [0, 0.1) is 0 Å². The number of rotatable bonds is 5. The first-order valence-corrected chi connectivity index (χ1v) is 6.72. The van der Waals surface area contributed by atoms with Crippen molar-refractivity contribution >= 4 is 0 Å². The molecular weight excluding hydrogens is 226 g/mol. The summed E-state index contributed by atoms with van der Waals surface area (Å²) in [6, 6.07) is 10.9. The Morgan fingerprint density at radius 1 is 1.39 bits per heavy atom. The van der Waals surface area contributed by atoms with Crippen molar-refractivity contribution in [3.05, 3.63) is 35.9 Å². The number of hydrogen-bond acceptors (Lipinski definition) is 3. The molecule has 3 nitrogen and oxygen atoms in total. The second-order valence-electron chi connectivity index (χ2n) is 4.89. The van der Waals surface area contributed by atoms with E-state index in [1.807, 2.05) is 6.07 Å². The van der Waals surface area contributed by atoms with Crippen LogP contribution >= 0.6 is 0 Å². The first kappa shape index (κ1) is 13.5. The van der Waals surface area contributed by atoms with Gasteiger partial charge in [-0.15, -0.1) is 0 Å². The standard InChI is InChI=1S/C15H23NO2/c1-3-16-14-9-10-18-15(11-14,12-17-2)13-7-5-4-6-8-13/h4-8,14,16H,3,9-12H2,1-2H3. The molecule has 0 bridgehead atoms. The molecule has 1 fully saturated rings. The maximum atomic E-state index is 6.10. The number of hydrogen-bond donors (Lipinski definition) is 1. The minimum atomic E-state index is -0.291. The lowest BCUT2D eigenvalue weighted by Gasteiger charge is -2.41. The Hall–Kier alpha value is -0.900. The highest BCUT2D eigenvalue weighted by Crippen LogP contribution is 2.35. The van der Waals surface area contributed by atoms with Crippen LogP contribution < -0.4 is 5.32 Å². The monoisotopic (exact) mass is 249 g/mol. The van der Waals surface area contributed by atoms with Crippen molar-refractivity contribution < 1.29 is 9.47 Å². The lowest BCUT2D eigenvalue weighted by Crippen LogP contribution is -2.47. The number of benzene rings is 1. The third-order valence-corrected chi connectivity index (χ3v) is 3.59. The maximum absolute atomic E-state index is 6.10. The molecule has 1 aliphatic rings. The maximum Gasteiger partial charge on any atom is 0.118 e. The van der Waals surface area contributed by atoms with Gasteiger partial charge in [0.2, 0.25) is 0 Å². The van der Waals surface area contributed by atoms with E-state index in [1.54, 1.807) is 7.11 Å². The van der Waals surface area contributed by atoms with E-state index in [2.05, 4.69) is 36.5 Å². The SMILES string of the molecule is CCNC1CCOC(COC)(c2ccccc2)C1. The summed E-state index contributed by atoms with van der Waals surface area (Å²) >= 11 is 0. The van der Waals surface area contributed by atoms with Crippen LogP contribution in [0.4, 0.5) is 0 Å². The lowest BCUT2D eigenvalue weighted by molar-refractivity contribution is -0.129. The first-order chi connectivity index (χ1) is 8.80. The van der Waals surface area contributed by atoms with Gasteiger partial charge in [-0.2, -0.15) is 0 Å². The Morgan fingerprint density at radius 2 is 2.17 bits per heavy atom. The summed E-state index contributed by atoms with van der Waals surface area (Å²) in [6.07, 6.45) is 2.05. The van der Waals surface area contributed by atoms with Gasteiger partial charge < -0.3 is 14.8 Å². The van der Waals surface area contributed by atoms with Gasteiger partial charge in [0, 0.05) is 19.8 Å². The fraction of sp³-hybridized carbons (Fsp3) is 0.600. The van der Waals surface area contributed by atoms with Crippen molar-refractivity contribution in [1.82, 2.24) is 5.32 Å². The molecule has 1 aromatic carbocycles. The zero-order chi connectivity index (χ0) is 12.8. The molecule has 2 rings (SSSR count). The smallest absolute Gasteiger partial charge is 0.118 e. The summed E-state index contributed by atoms with van der Waals surface area (Å²) in [5.74, 6) is 0. The average Bonchev–Trinajstić information content (AvgIpc) is 2.41. The highest BCUT2D eigenvalue weighted by molar-refractivity contribution is 5.24. The van der Waals surface area contributed by atoms with Gasteiger partial charge in [-0.05, 0) is 24.9 Å². The molecule has 1 N–H and O–H groups in total. The van der Waals surface area contributed by atoms with Gasteiger partial charge in [0.25, 0.3) is 0 Å². The quantitative estimate of drug-likeness (QED) is 0.868. The molecule has 100 valence electrons. The molecular formula is C15H23NO2. The predicted octanol–water partition coefficient (Wildman–Crippen LogP) is 2.32. The molecule has 18 heavy (non-hydrogen) atoms. The van der Waals surface area contributed by atoms with Crippen molar-refractivity contribution in [2.24, 2.45) is 0 Å². The molecule has 1 aliphatic heterocycles. The van der Waals surface area contributed by atoms with Gasteiger partial charge in [0.05, 0.1) is 6.61 Å². The summed E-state index contributed by atoms with van der Waals surface area (Å²) in [7, 11) is 1.74. The minimum Gasteiger partial charge on any atom is -0.381 e. The fourth-order valence-corrected chi connectivity index (χ4v) is 2.78. The zero-order valence-corrected chi connectivity index (χ0v) is 11.3. The normalized spacial score (nSPS) is 28.2. The summed E-state index contributed by atoms with van der Waals surface area (Å²) in [4.78, 5) is 0. The minimum absolute atomic E-state index is 0.291. The van der Waals surface area contributed by atoms with Crippen molar-refractivity contribution in [2.75, 3.05) is 26.9 Å². The second-order valence-corrected chi connectivity index (χ2v) is 4.89. The molecule has 0 radical (unpaired) electrons. The van der Waals surface area contributed by atoms with Crippen LogP contribution in [-0.4, -0.2) is 32.9 Å². The number of nitrogens with one attached hydrogen (secondary N) is 1. The van der Waals surface area contributed by atoms with Crippen molar-refractivity contribution in [3.63, 3.8) is 0 Å². The van der Waals surface area contributed by atoms with E-state index in [0.29, 0.717) is 12.6 Å². The molecule has 1 aromatic rings. The second kappa shape index (κ2) is 6.32. The summed E-state index contributed by atoms with van der Waals surface area (Å²) < 4.78 is 11.5. The van der Waals surface area contributed by atoms with Gasteiger partial charge in [-0.1, -0.05) is 37.3 Å². The first-order valence-electron chi connectivity index (χ1n) is 6.72. The average molecular weight is 249 g/mol. The highest BCUT2D eigenvalue weighted by atomic mass is 16.5. The van der Waals surface area contributed by atoms with Crippen LogP contribution in [0.3, 0.4) is 0 Å². The van der Waals surface area contributed by atoms with Crippen LogP contribution in [-0.2, 0) is 15.1 Å². The van der Waals surface area contributed by atoms with Crippen LogP contribution in [0.15, 0.2) is 30.3 Å². The third-order valence-electron chi connectivity index (χ3n) is 3.59. The van der Waals surface area contributed by atoms with Crippen LogP contribution in [0.5, 0.6) is 0 Å². The van der Waals surface area contributed by atoms with E-state index >= 15 is 0 Å². The fourth-order valence-electron chi connectivity index (χ4n) is 2.78. The van der Waals surface area contributed by atoms with Crippen molar-refractivity contribution in [2.45, 2.75) is 31.4 Å². The van der Waals surface area contributed by atoms with Gasteiger partial charge in [0.15, 0.2) is 0 Å². The molecule has 1 saturated heterocycles. The number of ether oxygens (including phenoxy) is 2. The van der Waals surface area contributed by atoms with E-state index in [9.17, 15) is 0 Å². The molecule has 0 saturated carbocycles. The van der Waals surface area contributed by atoms with E-state index < -0.39 is 0 Å². The van der Waals surface area contributed by atoms with Gasteiger partial charge >= 0.3 is 0 Å². The zero-order valence-electron chi connectivity index (χ0n) is 11.3. The van der Waals surface area contributed by atoms with Crippen molar-refractivity contribution in [3.8, 4) is 0 Å². The Kier molecular flexibility index (Phi) is 4.75. The van der Waals surface area contributed by atoms with E-state index in [4.69, 9.17) is 9.47 Å². The van der Waals surface area contributed by atoms with E-state index in [0.717, 1.165) is 26.0 Å². The molecule has 2 unspecified atom stereocenters. The largest absolute Gasteiger partial charge is 0.381 e. The molecule has 1 heterocycles. The summed E-state index contributed by atoms with van der Waals surface area (Å²) in [5.41, 5.74) is 0.927. The Labute approximate surface area is 109 Å². The molecule has 2 atom stereocenters. The van der Waals surface area contributed by atoms with E-state index in [-0.39, 0.29) is 5.60 Å². The molecule has 0 amide bonds. The Morgan fingerprint density at radius 3 is 2.83 bits per heavy atom. The molecule has 3 heteroatoms. The number of methoxy groups -OCH3 is 1. The molecule has 0 spiro atoms. The van der Waals surface area contributed by atoms with Crippen molar-refractivity contribution in [1.29, 1.82) is 0 Å². The molecule has 0 aliphatic carbocycles. The van der Waals surface area contributed by atoms with Crippen LogP contribution in [0.1, 0.15) is 25.3 Å².